The SMILES string of the molecule is Cc1nccn1CCN(C)C(C)CC(=N)N. The molecule has 0 saturated carbocycles. The summed E-state index contributed by atoms with van der Waals surface area (Å²) in [7, 11) is 2.06. The van der Waals surface area contributed by atoms with Gasteiger partial charge in [0.2, 0.25) is 0 Å². The molecule has 0 aliphatic heterocycles. The van der Waals surface area contributed by atoms with Gasteiger partial charge in [-0.15, -0.1) is 0 Å². The molecule has 5 heteroatoms. The minimum absolute atomic E-state index is 0.248. The zero-order valence-corrected chi connectivity index (χ0v) is 10.3. The highest BCUT2D eigenvalue weighted by Crippen LogP contribution is 2.02. The van der Waals surface area contributed by atoms with E-state index in [9.17, 15) is 0 Å². The second-order valence-electron chi connectivity index (χ2n) is 4.23. The van der Waals surface area contributed by atoms with Gasteiger partial charge in [0.05, 0.1) is 5.84 Å². The van der Waals surface area contributed by atoms with Crippen molar-refractivity contribution in [3.8, 4) is 0 Å². The molecule has 0 radical (unpaired) electrons. The van der Waals surface area contributed by atoms with E-state index in [-0.39, 0.29) is 5.84 Å². The van der Waals surface area contributed by atoms with E-state index >= 15 is 0 Å². The topological polar surface area (TPSA) is 70.9 Å². The highest BCUT2D eigenvalue weighted by Gasteiger charge is 2.10. The standard InChI is InChI=1S/C11H21N5/c1-9(8-11(12)13)15(3)6-7-16-5-4-14-10(16)2/h4-5,9H,6-8H2,1-3H3,(H3,12,13). The third-order valence-corrected chi connectivity index (χ3v) is 2.89. The maximum absolute atomic E-state index is 7.26. The van der Waals surface area contributed by atoms with Gasteiger partial charge in [0, 0.05) is 37.9 Å². The summed E-state index contributed by atoms with van der Waals surface area (Å²) in [6.45, 7) is 5.94. The van der Waals surface area contributed by atoms with Crippen molar-refractivity contribution < 1.29 is 0 Å². The van der Waals surface area contributed by atoms with Crippen molar-refractivity contribution in [3.63, 3.8) is 0 Å². The van der Waals surface area contributed by atoms with E-state index in [0.717, 1.165) is 18.9 Å². The monoisotopic (exact) mass is 223 g/mol. The molecule has 1 rings (SSSR count). The predicted molar refractivity (Wildman–Crippen MR) is 65.6 cm³/mol. The summed E-state index contributed by atoms with van der Waals surface area (Å²) in [6, 6.07) is 0.307. The van der Waals surface area contributed by atoms with Crippen LogP contribution in [0.1, 0.15) is 19.2 Å². The molecular weight excluding hydrogens is 202 g/mol. The zero-order chi connectivity index (χ0) is 12.1. The van der Waals surface area contributed by atoms with Gasteiger partial charge in [-0.1, -0.05) is 0 Å². The summed E-state index contributed by atoms with van der Waals surface area (Å²) < 4.78 is 2.12. The molecule has 0 spiro atoms. The fourth-order valence-electron chi connectivity index (χ4n) is 1.60. The van der Waals surface area contributed by atoms with E-state index < -0.39 is 0 Å². The Bertz CT molecular complexity index is 344. The van der Waals surface area contributed by atoms with Gasteiger partial charge in [-0.25, -0.2) is 4.98 Å². The van der Waals surface area contributed by atoms with Crippen LogP contribution in [0.15, 0.2) is 12.4 Å². The summed E-state index contributed by atoms with van der Waals surface area (Å²) in [5, 5.41) is 7.26. The van der Waals surface area contributed by atoms with E-state index in [1.807, 2.05) is 19.3 Å². The van der Waals surface area contributed by atoms with Gasteiger partial charge in [0.1, 0.15) is 5.82 Å². The zero-order valence-electron chi connectivity index (χ0n) is 10.3. The molecule has 1 aromatic rings. The van der Waals surface area contributed by atoms with Crippen molar-refractivity contribution in [1.82, 2.24) is 14.5 Å². The Balaban J connectivity index is 2.37. The second-order valence-corrected chi connectivity index (χ2v) is 4.23. The molecule has 0 amide bonds. The van der Waals surface area contributed by atoms with Crippen LogP contribution in [0.5, 0.6) is 0 Å². The molecule has 1 atom stereocenters. The largest absolute Gasteiger partial charge is 0.388 e. The smallest absolute Gasteiger partial charge is 0.105 e. The molecule has 0 aliphatic rings. The number of nitrogens with zero attached hydrogens (tertiary/aromatic N) is 3. The second kappa shape index (κ2) is 5.65. The Hall–Kier alpha value is -1.36. The summed E-state index contributed by atoms with van der Waals surface area (Å²) >= 11 is 0. The van der Waals surface area contributed by atoms with Gasteiger partial charge in [-0.2, -0.15) is 0 Å². The Morgan fingerprint density at radius 2 is 2.38 bits per heavy atom. The predicted octanol–water partition coefficient (Wildman–Crippen LogP) is 0.838. The maximum Gasteiger partial charge on any atom is 0.105 e. The highest BCUT2D eigenvalue weighted by molar-refractivity contribution is 5.77. The minimum atomic E-state index is 0.248. The summed E-state index contributed by atoms with van der Waals surface area (Å²) in [4.78, 5) is 6.39. The quantitative estimate of drug-likeness (QED) is 0.554. The number of nitrogens with two attached hydrogens (primary N) is 1. The molecule has 0 aromatic carbocycles. The van der Waals surface area contributed by atoms with Crippen LogP contribution in [0.2, 0.25) is 0 Å². The maximum atomic E-state index is 7.26. The summed E-state index contributed by atoms with van der Waals surface area (Å²) in [6.07, 6.45) is 4.42. The van der Waals surface area contributed by atoms with Crippen LogP contribution in [0, 0.1) is 12.3 Å². The number of hydrogen-bond acceptors (Lipinski definition) is 3. The van der Waals surface area contributed by atoms with Gasteiger partial charge in [0.15, 0.2) is 0 Å². The molecule has 5 nitrogen and oxygen atoms in total. The Kier molecular flexibility index (Phi) is 4.49. The van der Waals surface area contributed by atoms with Crippen molar-refractivity contribution in [1.29, 1.82) is 5.41 Å². The van der Waals surface area contributed by atoms with E-state index in [1.54, 1.807) is 0 Å². The van der Waals surface area contributed by atoms with Crippen molar-refractivity contribution >= 4 is 5.84 Å². The molecule has 16 heavy (non-hydrogen) atoms. The first-order valence-electron chi connectivity index (χ1n) is 5.51. The number of hydrogen-bond donors (Lipinski definition) is 2. The number of imidazole rings is 1. The normalized spacial score (nSPS) is 13.0. The number of nitrogens with one attached hydrogen (secondary N) is 1. The molecule has 0 bridgehead atoms. The first-order valence-corrected chi connectivity index (χ1v) is 5.51. The van der Waals surface area contributed by atoms with Gasteiger partial charge < -0.3 is 15.2 Å². The lowest BCUT2D eigenvalue weighted by molar-refractivity contribution is 0.252. The van der Waals surface area contributed by atoms with Crippen LogP contribution < -0.4 is 5.73 Å². The number of likely N-dealkylation sites (N-methyl/N-ethyl adjacent to an activating group) is 1. The molecule has 90 valence electrons. The third kappa shape index (κ3) is 3.66. The van der Waals surface area contributed by atoms with Crippen LogP contribution >= 0.6 is 0 Å². The highest BCUT2D eigenvalue weighted by atomic mass is 15.2. The Morgan fingerprint density at radius 3 is 2.88 bits per heavy atom. The molecule has 3 N–H and O–H groups in total. The van der Waals surface area contributed by atoms with Crippen LogP contribution in [-0.2, 0) is 6.54 Å². The van der Waals surface area contributed by atoms with Gasteiger partial charge in [-0.05, 0) is 20.9 Å². The third-order valence-electron chi connectivity index (χ3n) is 2.89. The van der Waals surface area contributed by atoms with Gasteiger partial charge in [-0.3, -0.25) is 5.41 Å². The van der Waals surface area contributed by atoms with Crippen molar-refractivity contribution in [2.24, 2.45) is 5.73 Å². The lowest BCUT2D eigenvalue weighted by Crippen LogP contribution is -2.35. The molecule has 1 aromatic heterocycles. The number of aryl methyl sites for hydroxylation is 1. The average Bonchev–Trinajstić information content (AvgIpc) is 2.59. The lowest BCUT2D eigenvalue weighted by atomic mass is 10.2. The minimum Gasteiger partial charge on any atom is -0.388 e. The van der Waals surface area contributed by atoms with E-state index in [0.29, 0.717) is 12.5 Å². The van der Waals surface area contributed by atoms with Crippen LogP contribution in [-0.4, -0.2) is 39.9 Å². The van der Waals surface area contributed by atoms with Crippen LogP contribution in [0.3, 0.4) is 0 Å². The van der Waals surface area contributed by atoms with Crippen LogP contribution in [0.4, 0.5) is 0 Å². The molecule has 0 aliphatic carbocycles. The fourth-order valence-corrected chi connectivity index (χ4v) is 1.60. The number of rotatable bonds is 6. The van der Waals surface area contributed by atoms with Crippen molar-refractivity contribution in [2.45, 2.75) is 32.9 Å². The first kappa shape index (κ1) is 12.7. The Morgan fingerprint density at radius 1 is 1.69 bits per heavy atom. The van der Waals surface area contributed by atoms with Crippen molar-refractivity contribution in [2.75, 3.05) is 13.6 Å². The van der Waals surface area contributed by atoms with E-state index in [1.165, 1.54) is 0 Å². The van der Waals surface area contributed by atoms with E-state index in [2.05, 4.69) is 28.4 Å². The molecule has 1 unspecified atom stereocenters. The summed E-state index contributed by atoms with van der Waals surface area (Å²) in [5.74, 6) is 1.28. The molecule has 0 fully saturated rings. The fraction of sp³-hybridized carbons (Fsp3) is 0.636. The molecular formula is C11H21N5. The van der Waals surface area contributed by atoms with E-state index in [4.69, 9.17) is 11.1 Å². The Labute approximate surface area is 96.8 Å². The number of aromatic nitrogens is 2. The van der Waals surface area contributed by atoms with Gasteiger partial charge in [0.25, 0.3) is 0 Å². The number of amidine groups is 1. The average molecular weight is 223 g/mol. The lowest BCUT2D eigenvalue weighted by Gasteiger charge is -2.24. The van der Waals surface area contributed by atoms with Crippen molar-refractivity contribution in [3.05, 3.63) is 18.2 Å². The molecule has 1 heterocycles. The molecule has 0 saturated heterocycles. The first-order chi connectivity index (χ1) is 7.50. The van der Waals surface area contributed by atoms with Crippen LogP contribution in [0.25, 0.3) is 0 Å². The summed E-state index contributed by atoms with van der Waals surface area (Å²) in [5.41, 5.74) is 5.39. The van der Waals surface area contributed by atoms with Gasteiger partial charge >= 0.3 is 0 Å².